The average Bonchev–Trinajstić information content (AvgIpc) is 3.00. The molecule has 1 fully saturated rings. The van der Waals surface area contributed by atoms with Gasteiger partial charge in [0.15, 0.2) is 5.96 Å². The van der Waals surface area contributed by atoms with Crippen molar-refractivity contribution < 1.29 is 22.7 Å². The van der Waals surface area contributed by atoms with Gasteiger partial charge in [-0.2, -0.15) is 13.2 Å². The maximum Gasteiger partial charge on any atom is 0.408 e. The third-order valence-electron chi connectivity index (χ3n) is 4.95. The van der Waals surface area contributed by atoms with E-state index in [1.807, 2.05) is 13.8 Å². The van der Waals surface area contributed by atoms with Gasteiger partial charge in [-0.05, 0) is 40.0 Å². The van der Waals surface area contributed by atoms with Crippen molar-refractivity contribution in [2.24, 2.45) is 4.99 Å². The highest BCUT2D eigenvalue weighted by Gasteiger charge is 2.35. The predicted molar refractivity (Wildman–Crippen MR) is 108 cm³/mol. The third-order valence-corrected chi connectivity index (χ3v) is 4.95. The Balaban J connectivity index is 2.61. The highest BCUT2D eigenvalue weighted by molar-refractivity contribution is 5.80. The molecule has 29 heavy (non-hydrogen) atoms. The monoisotopic (exact) mass is 423 g/mol. The first-order chi connectivity index (χ1) is 13.3. The molecule has 10 heteroatoms. The molecule has 1 aliphatic rings. The van der Waals surface area contributed by atoms with E-state index in [0.29, 0.717) is 44.9 Å². The molecule has 1 unspecified atom stereocenters. The molecule has 3 N–H and O–H groups in total. The first-order valence-electron chi connectivity index (χ1n) is 10.1. The summed E-state index contributed by atoms with van der Waals surface area (Å²) in [5.74, 6) is 0.501. The molecular weight excluding hydrogens is 387 g/mol. The number of alkyl halides is 3. The second-order valence-electron chi connectivity index (χ2n) is 8.52. The molecule has 0 aromatic heterocycles. The molecule has 0 aliphatic carbocycles. The smallest absolute Gasteiger partial charge is 0.408 e. The maximum absolute atomic E-state index is 12.6. The number of rotatable bonds is 7. The molecule has 7 nitrogen and oxygen atoms in total. The Kier molecular flexibility index (Phi) is 9.05. The summed E-state index contributed by atoms with van der Waals surface area (Å²) in [5, 5.41) is 9.33. The lowest BCUT2D eigenvalue weighted by atomic mass is 9.93. The number of nitrogens with one attached hydrogen (secondary N) is 3. The topological polar surface area (TPSA) is 78.0 Å². The quantitative estimate of drug-likeness (QED) is 0.434. The highest BCUT2D eigenvalue weighted by atomic mass is 19.4. The van der Waals surface area contributed by atoms with Crippen LogP contribution in [0.3, 0.4) is 0 Å². The Labute approximate surface area is 171 Å². The number of hydrogen-bond acceptors (Lipinski definition) is 4. The van der Waals surface area contributed by atoms with Gasteiger partial charge in [-0.1, -0.05) is 13.8 Å². The zero-order chi connectivity index (χ0) is 22.3. The zero-order valence-corrected chi connectivity index (χ0v) is 18.4. The fraction of sp³-hybridized carbons (Fsp3) is 0.895. The lowest BCUT2D eigenvalue weighted by molar-refractivity contribution is -0.143. The first-order valence-corrected chi connectivity index (χ1v) is 10.1. The second-order valence-corrected chi connectivity index (χ2v) is 8.52. The van der Waals surface area contributed by atoms with Crippen LogP contribution in [0.1, 0.15) is 53.9 Å². The molecule has 1 atom stereocenters. The molecule has 1 heterocycles. The van der Waals surface area contributed by atoms with Gasteiger partial charge in [0.25, 0.3) is 0 Å². The minimum absolute atomic E-state index is 0.111. The fourth-order valence-electron chi connectivity index (χ4n) is 3.23. The lowest BCUT2D eigenvalue weighted by Crippen LogP contribution is -2.57. The first kappa shape index (κ1) is 25.3. The summed E-state index contributed by atoms with van der Waals surface area (Å²) in [5.41, 5.74) is -1.12. The van der Waals surface area contributed by atoms with Gasteiger partial charge in [-0.25, -0.2) is 4.79 Å². The summed E-state index contributed by atoms with van der Waals surface area (Å²) < 4.78 is 43.0. The molecular formula is C19H36F3N5O2. The number of nitrogens with zero attached hydrogens (tertiary/aromatic N) is 2. The molecule has 0 aromatic rings. The summed E-state index contributed by atoms with van der Waals surface area (Å²) in [6.45, 7) is 9.59. The van der Waals surface area contributed by atoms with E-state index in [0.717, 1.165) is 0 Å². The van der Waals surface area contributed by atoms with E-state index < -0.39 is 30.0 Å². The number of guanidine groups is 1. The number of carbonyl (C=O) groups excluding carboxylic acids is 1. The van der Waals surface area contributed by atoms with Gasteiger partial charge in [0.2, 0.25) is 0 Å². The largest absolute Gasteiger partial charge is 0.444 e. The summed E-state index contributed by atoms with van der Waals surface area (Å²) in [4.78, 5) is 17.8. The third kappa shape index (κ3) is 9.56. The number of halogens is 3. The van der Waals surface area contributed by atoms with Gasteiger partial charge >= 0.3 is 12.3 Å². The number of likely N-dealkylation sites (tertiary alicyclic amines) is 1. The van der Waals surface area contributed by atoms with Crippen LogP contribution in [-0.2, 0) is 4.74 Å². The normalized spacial score (nSPS) is 19.2. The van der Waals surface area contributed by atoms with Gasteiger partial charge in [0.05, 0.1) is 12.1 Å². The second kappa shape index (κ2) is 10.4. The Hall–Kier alpha value is -1.71. The Morgan fingerprint density at radius 3 is 2.31 bits per heavy atom. The van der Waals surface area contributed by atoms with Gasteiger partial charge < -0.3 is 20.7 Å². The van der Waals surface area contributed by atoms with Crippen LogP contribution in [0.4, 0.5) is 18.0 Å². The average molecular weight is 424 g/mol. The summed E-state index contributed by atoms with van der Waals surface area (Å²) in [6.07, 6.45) is -2.71. The van der Waals surface area contributed by atoms with Gasteiger partial charge in [0.1, 0.15) is 5.60 Å². The molecule has 0 spiro atoms. The molecule has 0 bridgehead atoms. The zero-order valence-electron chi connectivity index (χ0n) is 18.4. The predicted octanol–water partition coefficient (Wildman–Crippen LogP) is 2.87. The molecule has 0 aromatic carbocycles. The van der Waals surface area contributed by atoms with Crippen LogP contribution < -0.4 is 16.0 Å². The van der Waals surface area contributed by atoms with E-state index in [-0.39, 0.29) is 6.04 Å². The number of aliphatic imine (C=N–C) groups is 1. The Bertz CT molecular complexity index is 557. The van der Waals surface area contributed by atoms with Gasteiger partial charge in [-0.3, -0.25) is 9.89 Å². The van der Waals surface area contributed by atoms with E-state index >= 15 is 0 Å². The molecule has 1 amide bonds. The van der Waals surface area contributed by atoms with Crippen molar-refractivity contribution in [3.63, 3.8) is 0 Å². The van der Waals surface area contributed by atoms with E-state index in [9.17, 15) is 18.0 Å². The standard InChI is InChI=1S/C19H36F3N5O2/c1-7-18(8-2,26-16(28)29-17(3,4)5)12-24-15(23-6)25-14-9-10-27(11-14)13-19(20,21)22/h14H,7-13H2,1-6H3,(H,26,28)(H2,23,24,25). The van der Waals surface area contributed by atoms with Crippen LogP contribution in [-0.4, -0.2) is 73.5 Å². The van der Waals surface area contributed by atoms with E-state index in [1.54, 1.807) is 27.8 Å². The lowest BCUT2D eigenvalue weighted by Gasteiger charge is -2.34. The number of ether oxygens (including phenoxy) is 1. The van der Waals surface area contributed by atoms with Crippen LogP contribution in [0.5, 0.6) is 0 Å². The van der Waals surface area contributed by atoms with E-state index in [4.69, 9.17) is 4.74 Å². The minimum Gasteiger partial charge on any atom is -0.444 e. The summed E-state index contributed by atoms with van der Waals surface area (Å²) >= 11 is 0. The van der Waals surface area contributed by atoms with Crippen LogP contribution in [0.15, 0.2) is 4.99 Å². The Morgan fingerprint density at radius 1 is 1.21 bits per heavy atom. The van der Waals surface area contributed by atoms with Crippen molar-refractivity contribution >= 4 is 12.1 Å². The Morgan fingerprint density at radius 2 is 1.83 bits per heavy atom. The maximum atomic E-state index is 12.6. The van der Waals surface area contributed by atoms with Crippen molar-refractivity contribution in [1.29, 1.82) is 0 Å². The summed E-state index contributed by atoms with van der Waals surface area (Å²) in [7, 11) is 1.61. The fourth-order valence-corrected chi connectivity index (χ4v) is 3.23. The SMILES string of the molecule is CCC(CC)(CNC(=NC)NC1CCN(CC(F)(F)F)C1)NC(=O)OC(C)(C)C. The van der Waals surface area contributed by atoms with Crippen molar-refractivity contribution in [2.45, 2.75) is 77.2 Å². The number of amides is 1. The molecule has 0 radical (unpaired) electrons. The van der Waals surface area contributed by atoms with E-state index in [1.165, 1.54) is 4.90 Å². The van der Waals surface area contributed by atoms with Crippen molar-refractivity contribution in [2.75, 3.05) is 33.2 Å². The molecule has 1 rings (SSSR count). The summed E-state index contributed by atoms with van der Waals surface area (Å²) in [6, 6.07) is -0.111. The van der Waals surface area contributed by atoms with Gasteiger partial charge in [0, 0.05) is 32.7 Å². The highest BCUT2D eigenvalue weighted by Crippen LogP contribution is 2.20. The van der Waals surface area contributed by atoms with Crippen molar-refractivity contribution in [1.82, 2.24) is 20.9 Å². The molecule has 1 saturated heterocycles. The van der Waals surface area contributed by atoms with Crippen molar-refractivity contribution in [3.8, 4) is 0 Å². The molecule has 170 valence electrons. The van der Waals surface area contributed by atoms with E-state index in [2.05, 4.69) is 20.9 Å². The number of carbonyl (C=O) groups is 1. The van der Waals surface area contributed by atoms with Crippen LogP contribution >= 0.6 is 0 Å². The minimum atomic E-state index is -4.19. The number of alkyl carbamates (subject to hydrolysis) is 1. The van der Waals surface area contributed by atoms with Gasteiger partial charge in [-0.15, -0.1) is 0 Å². The van der Waals surface area contributed by atoms with Crippen LogP contribution in [0, 0.1) is 0 Å². The molecule has 1 aliphatic heterocycles. The van der Waals surface area contributed by atoms with Crippen LogP contribution in [0.25, 0.3) is 0 Å². The number of hydrogen-bond donors (Lipinski definition) is 3. The van der Waals surface area contributed by atoms with Crippen LogP contribution in [0.2, 0.25) is 0 Å². The van der Waals surface area contributed by atoms with Crippen molar-refractivity contribution in [3.05, 3.63) is 0 Å². The molecule has 0 saturated carbocycles.